The normalized spacial score (nSPS) is 11.6. The Hall–Kier alpha value is -7.82. The molecule has 0 aliphatic carbocycles. The zero-order chi connectivity index (χ0) is 58.9. The molecule has 7 heterocycles. The number of carbonyl (C=O) groups is 4. The fourth-order valence-electron chi connectivity index (χ4n) is 7.54. The molecule has 3 aromatic carbocycles. The van der Waals surface area contributed by atoms with Gasteiger partial charge in [-0.2, -0.15) is 5.10 Å². The second kappa shape index (κ2) is 26.2. The van der Waals surface area contributed by atoms with Crippen LogP contribution in [0, 0.1) is 24.3 Å². The third-order valence-electron chi connectivity index (χ3n) is 10.8. The van der Waals surface area contributed by atoms with Crippen molar-refractivity contribution in [3.8, 4) is 23.2 Å². The van der Waals surface area contributed by atoms with E-state index in [0.29, 0.717) is 51.1 Å². The maximum absolute atomic E-state index is 13.5. The number of hydrazone groups is 1. The molecule has 28 heteroatoms. The Morgan fingerprint density at radius 1 is 0.617 bits per heavy atom. The Kier molecular flexibility index (Phi) is 19.7. The van der Waals surface area contributed by atoms with E-state index in [4.69, 9.17) is 49.8 Å². The van der Waals surface area contributed by atoms with E-state index in [9.17, 15) is 36.0 Å². The molecule has 0 unspecified atom stereocenters. The van der Waals surface area contributed by atoms with E-state index in [0.717, 1.165) is 11.5 Å². The van der Waals surface area contributed by atoms with Gasteiger partial charge in [-0.1, -0.05) is 71.2 Å². The molecule has 0 radical (unpaired) electrons. The van der Waals surface area contributed by atoms with Crippen molar-refractivity contribution >= 4 is 139 Å². The topological polar surface area (TPSA) is 284 Å². The Bertz CT molecular complexity index is 4190. The monoisotopic (exact) mass is 1310 g/mol. The number of ketones is 2. The fourth-order valence-corrected chi connectivity index (χ4v) is 13.3. The number of alkyl halides is 3. The molecule has 0 bridgehead atoms. The van der Waals surface area contributed by atoms with Gasteiger partial charge in [-0.15, -0.1) is 10.2 Å². The quantitative estimate of drug-likeness (QED) is 0.0369. The molecule has 10 rings (SSSR count). The minimum absolute atomic E-state index is 0.0123. The van der Waals surface area contributed by atoms with E-state index in [2.05, 4.69) is 35.7 Å². The summed E-state index contributed by atoms with van der Waals surface area (Å²) in [6.45, 7) is 12.3. The number of Topliss-reactive ketones (excluding diaryl/α,β-unsaturated/α-hetero) is 2. The third kappa shape index (κ3) is 14.0. The molecule has 0 atom stereocenters. The predicted octanol–water partition coefficient (Wildman–Crippen LogP) is 11.6. The van der Waals surface area contributed by atoms with Crippen LogP contribution in [0.15, 0.2) is 151 Å². The molecule has 0 aliphatic rings. The van der Waals surface area contributed by atoms with E-state index in [-0.39, 0.29) is 44.1 Å². The van der Waals surface area contributed by atoms with Crippen molar-refractivity contribution in [1.29, 1.82) is 0 Å². The number of nitrogens with zero attached hydrogens (tertiary/aromatic N) is 9. The van der Waals surface area contributed by atoms with Gasteiger partial charge < -0.3 is 8.83 Å². The van der Waals surface area contributed by atoms with Crippen molar-refractivity contribution in [2.24, 2.45) is 5.10 Å². The zero-order valence-electron chi connectivity index (χ0n) is 44.0. The van der Waals surface area contributed by atoms with E-state index >= 15 is 0 Å². The number of rotatable bonds is 13. The van der Waals surface area contributed by atoms with Crippen LogP contribution in [0.5, 0.6) is 0 Å². The van der Waals surface area contributed by atoms with E-state index in [1.165, 1.54) is 70.3 Å². The number of nitrogens with one attached hydrogen (secondary N) is 1. The van der Waals surface area contributed by atoms with Gasteiger partial charge in [0.1, 0.15) is 28.7 Å². The van der Waals surface area contributed by atoms with Gasteiger partial charge in [0.25, 0.3) is 20.0 Å². The Morgan fingerprint density at radius 2 is 1.07 bits per heavy atom. The predicted molar refractivity (Wildman–Crippen MR) is 313 cm³/mol. The second-order valence-corrected chi connectivity index (χ2v) is 25.7. The summed E-state index contributed by atoms with van der Waals surface area (Å²) in [7, 11) is -8.23. The number of halogens is 4. The number of anilines is 1. The second-order valence-electron chi connectivity index (χ2n) is 16.8. The van der Waals surface area contributed by atoms with Crippen LogP contribution < -0.4 is 5.43 Å². The molecule has 0 aliphatic heterocycles. The van der Waals surface area contributed by atoms with E-state index < -0.39 is 68.5 Å². The minimum Gasteiger partial charge on any atom is -0.458 e. The van der Waals surface area contributed by atoms with Crippen LogP contribution in [0.4, 0.5) is 5.82 Å². The zero-order valence-corrected chi connectivity index (χ0v) is 50.1. The molecule has 0 saturated heterocycles. The van der Waals surface area contributed by atoms with Crippen LogP contribution >= 0.6 is 55.5 Å². The average Bonchev–Trinajstić information content (AvgIpc) is 4.33. The third-order valence-corrected chi connectivity index (χ3v) is 18.0. The van der Waals surface area contributed by atoms with Gasteiger partial charge in [0.2, 0.25) is 0 Å². The number of fused-ring (bicyclic) bond motifs is 4. The first-order chi connectivity index (χ1) is 38.4. The summed E-state index contributed by atoms with van der Waals surface area (Å²) in [4.78, 5) is 60.1. The van der Waals surface area contributed by atoms with Gasteiger partial charge in [0, 0.05) is 20.1 Å². The van der Waals surface area contributed by atoms with Crippen molar-refractivity contribution in [2.75, 3.05) is 5.43 Å². The van der Waals surface area contributed by atoms with Crippen molar-refractivity contribution in [2.45, 2.75) is 69.5 Å². The number of aryl methyl sites for hydroxylation is 3. The maximum Gasteiger partial charge on any atom is 0.270 e. The van der Waals surface area contributed by atoms with Gasteiger partial charge in [-0.25, -0.2) is 39.7 Å². The van der Waals surface area contributed by atoms with Gasteiger partial charge in [0.15, 0.2) is 61.8 Å². The molecule has 422 valence electrons. The van der Waals surface area contributed by atoms with Crippen molar-refractivity contribution in [1.82, 2.24) is 37.5 Å². The summed E-state index contributed by atoms with van der Waals surface area (Å²) in [6.07, 6.45) is 1.52. The maximum atomic E-state index is 13.5. The number of hydrogen-bond acceptors (Lipinski definition) is 19. The summed E-state index contributed by atoms with van der Waals surface area (Å²) < 4.78 is 79.1. The Balaban J connectivity index is 0.000000179. The molecule has 10 aromatic rings. The van der Waals surface area contributed by atoms with Crippen molar-refractivity contribution in [3.63, 3.8) is 0 Å². The Morgan fingerprint density at radius 3 is 1.52 bits per heavy atom. The molecule has 81 heavy (non-hydrogen) atoms. The minimum atomic E-state index is -4.12. The van der Waals surface area contributed by atoms with Crippen LogP contribution in [0.25, 0.3) is 50.9 Å². The molecular formula is C53H48Cl3IN10O12S2. The molecule has 1 N–H and O–H groups in total. The van der Waals surface area contributed by atoms with Crippen LogP contribution in [0.1, 0.15) is 72.9 Å². The Labute approximate surface area is 486 Å². The first-order valence-corrected chi connectivity index (χ1v) is 30.7. The molecular weight excluding hydrogens is 1270 g/mol. The van der Waals surface area contributed by atoms with Gasteiger partial charge >= 0.3 is 96.1 Å². The van der Waals surface area contributed by atoms with Crippen molar-refractivity contribution < 1.29 is 51.0 Å². The average molecular weight is 1310 g/mol. The van der Waals surface area contributed by atoms with Crippen LogP contribution in [-0.2, 0) is 35.8 Å². The summed E-state index contributed by atoms with van der Waals surface area (Å²) in [6, 6.07) is 34.7. The summed E-state index contributed by atoms with van der Waals surface area (Å²) in [5.41, 5.74) is 3.24. The first-order valence-electron chi connectivity index (χ1n) is 23.7. The van der Waals surface area contributed by atoms with Crippen LogP contribution in [-0.4, -0.2) is 88.3 Å². The molecule has 7 aromatic heterocycles. The SMILES string of the molecule is C/C=N/Nc1nc(-c2ccc(C)o2)nc2c1cc(C(C)=O)n2S(=O)(=O)c1ccccc1.CC(=O)OI(OC(C)=O)c1ccccc1.CC(=O)c1cc2c(nc(-c3ccc(C)o3)n3c(C)nnc23)n1S(=O)(=O)c1ccccc1.ClC(Cl)Cl. The summed E-state index contributed by atoms with van der Waals surface area (Å²) in [5, 5.41) is 13.1. The van der Waals surface area contributed by atoms with Crippen LogP contribution in [0.2, 0.25) is 0 Å². The number of furan rings is 2. The van der Waals surface area contributed by atoms with E-state index in [1.54, 1.807) is 105 Å². The number of hydrogen-bond donors (Lipinski definition) is 1. The first kappa shape index (κ1) is 60.8. The van der Waals surface area contributed by atoms with Gasteiger partial charge in [0.05, 0.1) is 20.6 Å². The van der Waals surface area contributed by atoms with Gasteiger partial charge in [-0.05, 0) is 88.4 Å². The van der Waals surface area contributed by atoms with Crippen LogP contribution in [0.3, 0.4) is 0 Å². The van der Waals surface area contributed by atoms with Gasteiger partial charge in [-0.3, -0.25) is 19.4 Å². The molecule has 22 nitrogen and oxygen atoms in total. The standard InChI is InChI=1S/C21H17N5O4S.C21H19N5O4S.C10H11IO4.CHCl3/c1-12-9-10-18(30-12)21-22-19-16(20-24-23-14(3)25(20)21)11-17(13(2)27)26(19)31(28,29)15-7-5-4-6-8-15;1-4-22-25-19-16-12-17(14(3)27)26(31(28,29)15-8-6-5-7-9-15)21(16)24-20(23-19)18-11-10-13(2)30-18;1-8(12)14-11(15-9(2)13)10-6-4-3-5-7-10;2-1(3)4/h4-11H,1-3H3;4-12H,1-3H3,(H,23,24,25);3-7H,1-2H3;1H/b;22-4+;;. The molecule has 0 fully saturated rings. The summed E-state index contributed by atoms with van der Waals surface area (Å²) in [5.74, 6) is 1.72. The number of benzene rings is 3. The number of carbonyl (C=O) groups excluding carboxylic acids is 4. The molecule has 0 spiro atoms. The molecule has 0 amide bonds. The smallest absolute Gasteiger partial charge is 0.270 e. The summed E-state index contributed by atoms with van der Waals surface area (Å²) >= 11 is 11.8. The fraction of sp³-hybridized carbons (Fsp3) is 0.170. The molecule has 0 saturated carbocycles. The van der Waals surface area contributed by atoms with Crippen molar-refractivity contribution in [3.05, 3.63) is 160 Å². The largest absolute Gasteiger partial charge is 0.458 e. The van der Waals surface area contributed by atoms with E-state index in [1.807, 2.05) is 18.2 Å². The number of aromatic nitrogens is 8.